The first-order chi connectivity index (χ1) is 8.96. The number of thiazole rings is 1. The molecule has 0 aliphatic rings. The number of amides is 1. The Kier molecular flexibility index (Phi) is 5.87. The highest BCUT2D eigenvalue weighted by Crippen LogP contribution is 2.32. The van der Waals surface area contributed by atoms with Gasteiger partial charge in [0.05, 0.1) is 16.1 Å². The fraction of sp³-hybridized carbons (Fsp3) is 0.615. The van der Waals surface area contributed by atoms with Crippen molar-refractivity contribution in [3.8, 4) is 0 Å². The molecule has 0 fully saturated rings. The third kappa shape index (κ3) is 3.73. The van der Waals surface area contributed by atoms with Crippen LogP contribution < -0.4 is 11.1 Å². The van der Waals surface area contributed by atoms with E-state index in [0.29, 0.717) is 18.0 Å². The lowest BCUT2D eigenvalue weighted by Crippen LogP contribution is -2.46. The van der Waals surface area contributed by atoms with Gasteiger partial charge in [-0.05, 0) is 19.8 Å². The van der Waals surface area contributed by atoms with Crippen molar-refractivity contribution in [2.24, 2.45) is 11.1 Å². The predicted molar refractivity (Wildman–Crippen MR) is 84.5 cm³/mol. The molecule has 1 aromatic heterocycles. The van der Waals surface area contributed by atoms with Gasteiger partial charge in [-0.3, -0.25) is 4.79 Å². The van der Waals surface area contributed by atoms with Gasteiger partial charge in [0.15, 0.2) is 5.13 Å². The fourth-order valence-corrected chi connectivity index (χ4v) is 3.17. The van der Waals surface area contributed by atoms with Gasteiger partial charge in [-0.2, -0.15) is 0 Å². The monoisotopic (exact) mass is 299 g/mol. The molecule has 1 heterocycles. The minimum absolute atomic E-state index is 0.127. The Balaban J connectivity index is 2.95. The van der Waals surface area contributed by atoms with E-state index in [1.807, 2.05) is 26.2 Å². The van der Waals surface area contributed by atoms with Crippen LogP contribution in [0.15, 0.2) is 5.38 Å². The second-order valence-electron chi connectivity index (χ2n) is 4.69. The summed E-state index contributed by atoms with van der Waals surface area (Å²) in [6.45, 7) is 5.96. The van der Waals surface area contributed by atoms with Crippen molar-refractivity contribution in [1.82, 2.24) is 4.98 Å². The molecule has 106 valence electrons. The molecule has 0 aliphatic heterocycles. The topological polar surface area (TPSA) is 68.0 Å². The Morgan fingerprint density at radius 3 is 2.42 bits per heavy atom. The van der Waals surface area contributed by atoms with Crippen molar-refractivity contribution in [3.63, 3.8) is 0 Å². The van der Waals surface area contributed by atoms with E-state index in [1.165, 1.54) is 11.3 Å². The standard InChI is InChI=1S/C13H21N3OS2/c1-4-6-13(7-5-2,10(14)18)11(17)16-12-15-9(3)8-19-12/h8H,4-7H2,1-3H3,(H2,14,18)(H,15,16,17). The van der Waals surface area contributed by atoms with E-state index < -0.39 is 5.41 Å². The number of hydrogen-bond acceptors (Lipinski definition) is 4. The molecule has 4 nitrogen and oxygen atoms in total. The van der Waals surface area contributed by atoms with Gasteiger partial charge in [0, 0.05) is 5.38 Å². The third-order valence-electron chi connectivity index (χ3n) is 3.10. The smallest absolute Gasteiger partial charge is 0.239 e. The number of carbonyl (C=O) groups excluding carboxylic acids is 1. The van der Waals surface area contributed by atoms with Crippen molar-refractivity contribution in [2.45, 2.75) is 46.5 Å². The number of rotatable bonds is 7. The Labute approximate surface area is 123 Å². The summed E-state index contributed by atoms with van der Waals surface area (Å²) in [4.78, 5) is 17.1. The van der Waals surface area contributed by atoms with Crippen LogP contribution in [-0.4, -0.2) is 15.9 Å². The molecule has 0 spiro atoms. The lowest BCUT2D eigenvalue weighted by Gasteiger charge is -2.30. The highest BCUT2D eigenvalue weighted by Gasteiger charge is 2.40. The van der Waals surface area contributed by atoms with Crippen LogP contribution in [0.2, 0.25) is 0 Å². The summed E-state index contributed by atoms with van der Waals surface area (Å²) >= 11 is 6.57. The van der Waals surface area contributed by atoms with E-state index in [0.717, 1.165) is 18.5 Å². The Hall–Kier alpha value is -1.01. The molecule has 0 unspecified atom stereocenters. The van der Waals surface area contributed by atoms with Crippen molar-refractivity contribution in [1.29, 1.82) is 0 Å². The number of aromatic nitrogens is 1. The quantitative estimate of drug-likeness (QED) is 0.758. The van der Waals surface area contributed by atoms with E-state index in [9.17, 15) is 4.79 Å². The lowest BCUT2D eigenvalue weighted by atomic mass is 9.78. The second kappa shape index (κ2) is 6.96. The molecule has 1 amide bonds. The summed E-state index contributed by atoms with van der Waals surface area (Å²) in [7, 11) is 0. The van der Waals surface area contributed by atoms with Crippen molar-refractivity contribution in [3.05, 3.63) is 11.1 Å². The Bertz CT molecular complexity index is 450. The highest BCUT2D eigenvalue weighted by atomic mass is 32.1. The van der Waals surface area contributed by atoms with Crippen LogP contribution in [0.3, 0.4) is 0 Å². The molecule has 6 heteroatoms. The van der Waals surface area contributed by atoms with Gasteiger partial charge in [0.25, 0.3) is 0 Å². The normalized spacial score (nSPS) is 11.3. The molecule has 0 aromatic carbocycles. The highest BCUT2D eigenvalue weighted by molar-refractivity contribution is 7.80. The summed E-state index contributed by atoms with van der Waals surface area (Å²) in [6.07, 6.45) is 3.07. The zero-order chi connectivity index (χ0) is 14.5. The maximum Gasteiger partial charge on any atom is 0.239 e. The molecule has 1 aromatic rings. The van der Waals surface area contributed by atoms with Gasteiger partial charge in [0.2, 0.25) is 5.91 Å². The average Bonchev–Trinajstić information content (AvgIpc) is 2.73. The van der Waals surface area contributed by atoms with E-state index in [1.54, 1.807) is 0 Å². The fourth-order valence-electron chi connectivity index (χ4n) is 2.19. The molecule has 0 saturated heterocycles. The molecule has 3 N–H and O–H groups in total. The number of nitrogens with two attached hydrogens (primary N) is 1. The first-order valence-corrected chi connectivity index (χ1v) is 7.78. The first-order valence-electron chi connectivity index (χ1n) is 6.49. The zero-order valence-electron chi connectivity index (χ0n) is 11.7. The summed E-state index contributed by atoms with van der Waals surface area (Å²) in [5.74, 6) is -0.127. The number of nitrogens with one attached hydrogen (secondary N) is 1. The van der Waals surface area contributed by atoms with Crippen LogP contribution in [0.25, 0.3) is 0 Å². The van der Waals surface area contributed by atoms with Gasteiger partial charge < -0.3 is 11.1 Å². The molecule has 0 aliphatic carbocycles. The first kappa shape index (κ1) is 16.0. The van der Waals surface area contributed by atoms with Crippen LogP contribution in [-0.2, 0) is 4.79 Å². The second-order valence-corrected chi connectivity index (χ2v) is 5.99. The van der Waals surface area contributed by atoms with Gasteiger partial charge in [-0.15, -0.1) is 11.3 Å². The maximum atomic E-state index is 12.6. The molecule has 0 atom stereocenters. The molecule has 0 bridgehead atoms. The van der Waals surface area contributed by atoms with Crippen molar-refractivity contribution in [2.75, 3.05) is 5.32 Å². The molecular formula is C13H21N3OS2. The van der Waals surface area contributed by atoms with E-state index >= 15 is 0 Å². The third-order valence-corrected chi connectivity index (χ3v) is 4.37. The number of carbonyl (C=O) groups is 1. The van der Waals surface area contributed by atoms with Gasteiger partial charge in [-0.1, -0.05) is 38.9 Å². The van der Waals surface area contributed by atoms with Gasteiger partial charge in [-0.25, -0.2) is 4.98 Å². The Morgan fingerprint density at radius 2 is 2.05 bits per heavy atom. The summed E-state index contributed by atoms with van der Waals surface area (Å²) in [5.41, 5.74) is 6.00. The molecule has 19 heavy (non-hydrogen) atoms. The number of anilines is 1. The van der Waals surface area contributed by atoms with E-state index in [-0.39, 0.29) is 10.9 Å². The maximum absolute atomic E-state index is 12.6. The minimum Gasteiger partial charge on any atom is -0.392 e. The number of nitrogens with zero attached hydrogens (tertiary/aromatic N) is 1. The van der Waals surface area contributed by atoms with E-state index in [2.05, 4.69) is 10.3 Å². The summed E-state index contributed by atoms with van der Waals surface area (Å²) in [5, 5.41) is 5.36. The lowest BCUT2D eigenvalue weighted by molar-refractivity contribution is -0.122. The molecular weight excluding hydrogens is 278 g/mol. The van der Waals surface area contributed by atoms with Crippen LogP contribution in [0, 0.1) is 12.3 Å². The minimum atomic E-state index is -0.752. The molecule has 0 saturated carbocycles. The molecule has 1 rings (SSSR count). The SMILES string of the molecule is CCCC(CCC)(C(=O)Nc1nc(C)cs1)C(N)=S. The van der Waals surface area contributed by atoms with Crippen LogP contribution in [0.5, 0.6) is 0 Å². The number of hydrogen-bond donors (Lipinski definition) is 2. The van der Waals surface area contributed by atoms with Crippen LogP contribution in [0.4, 0.5) is 5.13 Å². The van der Waals surface area contributed by atoms with Crippen molar-refractivity contribution >= 4 is 39.6 Å². The van der Waals surface area contributed by atoms with Gasteiger partial charge in [0.1, 0.15) is 0 Å². The molecule has 0 radical (unpaired) electrons. The van der Waals surface area contributed by atoms with Crippen LogP contribution in [0.1, 0.15) is 45.2 Å². The van der Waals surface area contributed by atoms with Crippen molar-refractivity contribution < 1.29 is 4.79 Å². The average molecular weight is 299 g/mol. The summed E-state index contributed by atoms with van der Waals surface area (Å²) < 4.78 is 0. The largest absolute Gasteiger partial charge is 0.392 e. The summed E-state index contributed by atoms with van der Waals surface area (Å²) in [6, 6.07) is 0. The number of thiocarbonyl (C=S) groups is 1. The zero-order valence-corrected chi connectivity index (χ0v) is 13.3. The van der Waals surface area contributed by atoms with Gasteiger partial charge >= 0.3 is 0 Å². The van der Waals surface area contributed by atoms with E-state index in [4.69, 9.17) is 18.0 Å². The Morgan fingerprint density at radius 1 is 1.47 bits per heavy atom. The predicted octanol–water partition coefficient (Wildman–Crippen LogP) is 3.26. The van der Waals surface area contributed by atoms with Crippen LogP contribution >= 0.6 is 23.6 Å². The number of aryl methyl sites for hydroxylation is 1.